The summed E-state index contributed by atoms with van der Waals surface area (Å²) in [6, 6.07) is 9.63. The third-order valence-electron chi connectivity index (χ3n) is 4.56. The van der Waals surface area contributed by atoms with Crippen LogP contribution in [0.15, 0.2) is 36.4 Å². The molecule has 2 rings (SSSR count). The maximum absolute atomic E-state index is 12.2. The number of anilines is 2. The lowest BCUT2D eigenvalue weighted by Gasteiger charge is -2.20. The third-order valence-corrected chi connectivity index (χ3v) is 4.56. The van der Waals surface area contributed by atoms with Crippen LogP contribution in [0.4, 0.5) is 17.1 Å². The highest BCUT2D eigenvalue weighted by Gasteiger charge is 2.19. The zero-order valence-corrected chi connectivity index (χ0v) is 17.4. The Hall–Kier alpha value is -3.62. The van der Waals surface area contributed by atoms with Crippen molar-refractivity contribution < 1.29 is 24.0 Å². The van der Waals surface area contributed by atoms with Gasteiger partial charge >= 0.3 is 11.7 Å². The molecule has 0 aliphatic carbocycles. The van der Waals surface area contributed by atoms with Gasteiger partial charge in [0.05, 0.1) is 17.6 Å². The molecule has 0 aliphatic rings. The SMILES string of the molecule is CCN(CC)c1ccc(C(=O)OCC(=O)Nc2cc(OC)c([N+](=O)[O-])cc2C)cc1. The van der Waals surface area contributed by atoms with Crippen molar-refractivity contribution in [2.75, 3.05) is 37.0 Å². The lowest BCUT2D eigenvalue weighted by atomic mass is 10.1. The highest BCUT2D eigenvalue weighted by Crippen LogP contribution is 2.32. The van der Waals surface area contributed by atoms with Crippen molar-refractivity contribution in [3.05, 3.63) is 57.6 Å². The predicted molar refractivity (Wildman–Crippen MR) is 113 cm³/mol. The Morgan fingerprint density at radius 3 is 2.30 bits per heavy atom. The first-order chi connectivity index (χ1) is 14.3. The average molecular weight is 415 g/mol. The zero-order chi connectivity index (χ0) is 22.3. The first kappa shape index (κ1) is 22.7. The highest BCUT2D eigenvalue weighted by molar-refractivity contribution is 5.96. The molecule has 2 aromatic rings. The molecule has 160 valence electrons. The molecule has 1 N–H and O–H groups in total. The van der Waals surface area contributed by atoms with Crippen LogP contribution in [-0.2, 0) is 9.53 Å². The fourth-order valence-electron chi connectivity index (χ4n) is 2.91. The fourth-order valence-corrected chi connectivity index (χ4v) is 2.91. The molecule has 0 atom stereocenters. The summed E-state index contributed by atoms with van der Waals surface area (Å²) in [5.74, 6) is -1.16. The Labute approximate surface area is 174 Å². The van der Waals surface area contributed by atoms with Crippen LogP contribution in [0.2, 0.25) is 0 Å². The van der Waals surface area contributed by atoms with Crippen LogP contribution in [0.3, 0.4) is 0 Å². The largest absolute Gasteiger partial charge is 0.490 e. The van der Waals surface area contributed by atoms with E-state index in [-0.39, 0.29) is 11.4 Å². The number of hydrogen-bond donors (Lipinski definition) is 1. The van der Waals surface area contributed by atoms with E-state index in [1.165, 1.54) is 19.2 Å². The summed E-state index contributed by atoms with van der Waals surface area (Å²) in [4.78, 5) is 37.0. The quantitative estimate of drug-likeness (QED) is 0.379. The minimum absolute atomic E-state index is 0.0196. The first-order valence-corrected chi connectivity index (χ1v) is 9.45. The average Bonchev–Trinajstić information content (AvgIpc) is 2.74. The Morgan fingerprint density at radius 1 is 1.13 bits per heavy atom. The number of carbonyl (C=O) groups is 2. The fraction of sp³-hybridized carbons (Fsp3) is 0.333. The van der Waals surface area contributed by atoms with Crippen LogP contribution in [-0.4, -0.2) is 43.6 Å². The molecule has 9 heteroatoms. The molecule has 0 aliphatic heterocycles. The van der Waals surface area contributed by atoms with E-state index in [4.69, 9.17) is 9.47 Å². The molecule has 9 nitrogen and oxygen atoms in total. The summed E-state index contributed by atoms with van der Waals surface area (Å²) in [7, 11) is 1.30. The van der Waals surface area contributed by atoms with E-state index >= 15 is 0 Å². The molecule has 0 bridgehead atoms. The summed E-state index contributed by atoms with van der Waals surface area (Å²) in [5.41, 5.74) is 1.95. The molecule has 0 spiro atoms. The van der Waals surface area contributed by atoms with Crippen molar-refractivity contribution in [3.63, 3.8) is 0 Å². The number of nitro benzene ring substituents is 1. The number of amides is 1. The normalized spacial score (nSPS) is 10.3. The summed E-state index contributed by atoms with van der Waals surface area (Å²) in [5, 5.41) is 13.6. The maximum Gasteiger partial charge on any atom is 0.338 e. The number of benzene rings is 2. The highest BCUT2D eigenvalue weighted by atomic mass is 16.6. The minimum Gasteiger partial charge on any atom is -0.490 e. The standard InChI is InChI=1S/C21H25N3O6/c1-5-23(6-2)16-9-7-15(8-10-16)21(26)30-13-20(25)22-17-12-19(29-4)18(24(27)28)11-14(17)3/h7-12H,5-6,13H2,1-4H3,(H,22,25). The number of nitrogens with one attached hydrogen (secondary N) is 1. The number of rotatable bonds is 9. The molecule has 0 aromatic heterocycles. The van der Waals surface area contributed by atoms with Gasteiger partial charge in [-0.05, 0) is 50.6 Å². The molecule has 0 saturated heterocycles. The molecule has 1 amide bonds. The van der Waals surface area contributed by atoms with Crippen LogP contribution >= 0.6 is 0 Å². The number of nitrogens with zero attached hydrogens (tertiary/aromatic N) is 2. The smallest absolute Gasteiger partial charge is 0.338 e. The Kier molecular flexibility index (Phi) is 7.74. The van der Waals surface area contributed by atoms with Gasteiger partial charge in [-0.15, -0.1) is 0 Å². The van der Waals surface area contributed by atoms with Gasteiger partial charge in [-0.25, -0.2) is 4.79 Å². The van der Waals surface area contributed by atoms with Gasteiger partial charge in [0.25, 0.3) is 5.91 Å². The second-order valence-electron chi connectivity index (χ2n) is 6.44. The van der Waals surface area contributed by atoms with Crippen LogP contribution in [0, 0.1) is 17.0 Å². The number of carbonyl (C=O) groups excluding carboxylic acids is 2. The summed E-state index contributed by atoms with van der Waals surface area (Å²) >= 11 is 0. The summed E-state index contributed by atoms with van der Waals surface area (Å²) in [6.45, 7) is 6.93. The van der Waals surface area contributed by atoms with Crippen molar-refractivity contribution in [1.29, 1.82) is 0 Å². The van der Waals surface area contributed by atoms with Gasteiger partial charge in [0, 0.05) is 36.6 Å². The van der Waals surface area contributed by atoms with Crippen molar-refractivity contribution in [2.24, 2.45) is 0 Å². The van der Waals surface area contributed by atoms with Crippen molar-refractivity contribution in [1.82, 2.24) is 0 Å². The summed E-state index contributed by atoms with van der Waals surface area (Å²) in [6.07, 6.45) is 0. The van der Waals surface area contributed by atoms with Gasteiger partial charge in [0.1, 0.15) is 0 Å². The van der Waals surface area contributed by atoms with Gasteiger partial charge in [0.2, 0.25) is 0 Å². The van der Waals surface area contributed by atoms with E-state index < -0.39 is 23.4 Å². The number of esters is 1. The van der Waals surface area contributed by atoms with Crippen LogP contribution in [0.25, 0.3) is 0 Å². The van der Waals surface area contributed by atoms with Gasteiger partial charge in [-0.1, -0.05) is 0 Å². The lowest BCUT2D eigenvalue weighted by molar-refractivity contribution is -0.385. The van der Waals surface area contributed by atoms with Crippen molar-refractivity contribution >= 4 is 28.9 Å². The maximum atomic E-state index is 12.2. The van der Waals surface area contributed by atoms with Gasteiger partial charge < -0.3 is 19.7 Å². The zero-order valence-electron chi connectivity index (χ0n) is 17.4. The number of methoxy groups -OCH3 is 1. The molecule has 0 fully saturated rings. The Balaban J connectivity index is 1.99. The number of hydrogen-bond acceptors (Lipinski definition) is 7. The van der Waals surface area contributed by atoms with E-state index in [0.717, 1.165) is 18.8 Å². The molecular formula is C21H25N3O6. The molecule has 0 unspecified atom stereocenters. The topological polar surface area (TPSA) is 111 Å². The second-order valence-corrected chi connectivity index (χ2v) is 6.44. The molecule has 0 radical (unpaired) electrons. The molecule has 30 heavy (non-hydrogen) atoms. The van der Waals surface area contributed by atoms with Gasteiger partial charge in [-0.2, -0.15) is 0 Å². The van der Waals surface area contributed by atoms with Gasteiger partial charge in [0.15, 0.2) is 12.4 Å². The number of ether oxygens (including phenoxy) is 2. The minimum atomic E-state index is -0.616. The van der Waals surface area contributed by atoms with Crippen LogP contribution < -0.4 is 15.0 Å². The molecule has 2 aromatic carbocycles. The number of aryl methyl sites for hydroxylation is 1. The Bertz CT molecular complexity index is 923. The van der Waals surface area contributed by atoms with E-state index in [0.29, 0.717) is 16.8 Å². The third kappa shape index (κ3) is 5.47. The monoisotopic (exact) mass is 415 g/mol. The van der Waals surface area contributed by atoms with Crippen LogP contribution in [0.5, 0.6) is 5.75 Å². The predicted octanol–water partition coefficient (Wildman–Crippen LogP) is 3.55. The van der Waals surface area contributed by atoms with Crippen LogP contribution in [0.1, 0.15) is 29.8 Å². The van der Waals surface area contributed by atoms with E-state index in [9.17, 15) is 19.7 Å². The lowest BCUT2D eigenvalue weighted by Crippen LogP contribution is -2.22. The number of nitro groups is 1. The van der Waals surface area contributed by atoms with Crippen molar-refractivity contribution in [3.8, 4) is 5.75 Å². The second kappa shape index (κ2) is 10.2. The molecule has 0 saturated carbocycles. The van der Waals surface area contributed by atoms with Crippen molar-refractivity contribution in [2.45, 2.75) is 20.8 Å². The first-order valence-electron chi connectivity index (χ1n) is 9.45. The van der Waals surface area contributed by atoms with E-state index in [2.05, 4.69) is 10.2 Å². The van der Waals surface area contributed by atoms with Gasteiger partial charge in [-0.3, -0.25) is 14.9 Å². The molecule has 0 heterocycles. The molecular weight excluding hydrogens is 390 g/mol. The van der Waals surface area contributed by atoms with E-state index in [1.54, 1.807) is 19.1 Å². The summed E-state index contributed by atoms with van der Waals surface area (Å²) < 4.78 is 10.1. The Morgan fingerprint density at radius 2 is 1.77 bits per heavy atom. The van der Waals surface area contributed by atoms with E-state index in [1.807, 2.05) is 26.0 Å².